The second-order valence-corrected chi connectivity index (χ2v) is 11.1. The average molecular weight is 539 g/mol. The Bertz CT molecular complexity index is 1230. The SMILES string of the molecule is CCN1CCc2cc(OC)c(OC)cc2C12CCC(C(=O)O)CC2C1c2cc(OC)c(OC)cc2CCN1C. The number of nitrogens with zero attached hydrogens (tertiary/aromatic N) is 2. The molecule has 1 spiro atoms. The van der Waals surface area contributed by atoms with Gasteiger partial charge in [0.1, 0.15) is 0 Å². The van der Waals surface area contributed by atoms with Crippen LogP contribution in [-0.2, 0) is 23.2 Å². The van der Waals surface area contributed by atoms with Crippen molar-refractivity contribution in [3.8, 4) is 23.0 Å². The molecule has 4 atom stereocenters. The number of fused-ring (bicyclic) bond motifs is 3. The third kappa shape index (κ3) is 4.42. The van der Waals surface area contributed by atoms with E-state index in [1.807, 2.05) is 0 Å². The van der Waals surface area contributed by atoms with Gasteiger partial charge in [-0.15, -0.1) is 0 Å². The molecule has 2 aromatic rings. The lowest BCUT2D eigenvalue weighted by Crippen LogP contribution is -2.60. The number of ether oxygens (including phenoxy) is 4. The summed E-state index contributed by atoms with van der Waals surface area (Å²) in [6.07, 6.45) is 3.85. The monoisotopic (exact) mass is 538 g/mol. The van der Waals surface area contributed by atoms with E-state index in [0.717, 1.165) is 56.1 Å². The van der Waals surface area contributed by atoms with Gasteiger partial charge >= 0.3 is 5.97 Å². The van der Waals surface area contributed by atoms with Crippen LogP contribution in [0.25, 0.3) is 0 Å². The number of carboxylic acids is 1. The molecule has 0 radical (unpaired) electrons. The quantitative estimate of drug-likeness (QED) is 0.551. The van der Waals surface area contributed by atoms with E-state index in [0.29, 0.717) is 18.6 Å². The first-order valence-electron chi connectivity index (χ1n) is 14.0. The zero-order valence-corrected chi connectivity index (χ0v) is 24.1. The Labute approximate surface area is 231 Å². The molecule has 1 saturated carbocycles. The lowest BCUT2D eigenvalue weighted by Gasteiger charge is -2.59. The molecular weight excluding hydrogens is 496 g/mol. The first-order chi connectivity index (χ1) is 18.8. The summed E-state index contributed by atoms with van der Waals surface area (Å²) in [5.41, 5.74) is 4.63. The molecule has 0 bridgehead atoms. The van der Waals surface area contributed by atoms with E-state index in [4.69, 9.17) is 18.9 Å². The van der Waals surface area contributed by atoms with Crippen LogP contribution in [0, 0.1) is 11.8 Å². The van der Waals surface area contributed by atoms with Crippen LogP contribution in [0.3, 0.4) is 0 Å². The van der Waals surface area contributed by atoms with Gasteiger partial charge in [0.05, 0.1) is 39.9 Å². The molecule has 1 fully saturated rings. The summed E-state index contributed by atoms with van der Waals surface area (Å²) in [5, 5.41) is 10.2. The number of rotatable bonds is 7. The first-order valence-corrected chi connectivity index (χ1v) is 14.0. The number of benzene rings is 2. The van der Waals surface area contributed by atoms with E-state index in [1.165, 1.54) is 22.3 Å². The minimum atomic E-state index is -0.702. The van der Waals surface area contributed by atoms with Crippen LogP contribution < -0.4 is 18.9 Å². The standard InChI is InChI=1S/C31H42N2O6/c1-7-33-13-10-20-16-26(37-4)28(39-6)18-23(20)31(33)11-8-21(30(34)35)14-24(31)29-22-17-27(38-5)25(36-3)15-19(22)9-12-32(29)2/h15-18,21,24,29H,7-14H2,1-6H3,(H,34,35). The van der Waals surface area contributed by atoms with Gasteiger partial charge in [-0.1, -0.05) is 6.92 Å². The summed E-state index contributed by atoms with van der Waals surface area (Å²) in [6.45, 7) is 4.92. The molecule has 8 heteroatoms. The predicted molar refractivity (Wildman–Crippen MR) is 149 cm³/mol. The van der Waals surface area contributed by atoms with Crippen molar-refractivity contribution in [1.82, 2.24) is 9.80 Å². The van der Waals surface area contributed by atoms with Crippen molar-refractivity contribution < 1.29 is 28.8 Å². The maximum absolute atomic E-state index is 12.4. The highest BCUT2D eigenvalue weighted by atomic mass is 16.5. The average Bonchev–Trinajstić information content (AvgIpc) is 2.96. The van der Waals surface area contributed by atoms with Crippen LogP contribution in [-0.4, -0.2) is 76.0 Å². The number of carboxylic acid groups (broad SMARTS) is 1. The molecule has 5 rings (SSSR count). The van der Waals surface area contributed by atoms with Crippen LogP contribution in [0.15, 0.2) is 24.3 Å². The molecule has 3 aliphatic rings. The van der Waals surface area contributed by atoms with Gasteiger partial charge in [-0.05, 0) is 92.2 Å². The highest BCUT2D eigenvalue weighted by Crippen LogP contribution is 2.58. The Morgan fingerprint density at radius 3 is 2.13 bits per heavy atom. The van der Waals surface area contributed by atoms with Gasteiger partial charge in [0, 0.05) is 25.0 Å². The molecule has 2 aliphatic heterocycles. The molecule has 2 aromatic carbocycles. The zero-order valence-electron chi connectivity index (χ0n) is 24.1. The van der Waals surface area contributed by atoms with Crippen molar-refractivity contribution >= 4 is 5.97 Å². The summed E-state index contributed by atoms with van der Waals surface area (Å²) in [5.74, 6) is 1.85. The molecule has 39 heavy (non-hydrogen) atoms. The second kappa shape index (κ2) is 10.9. The fourth-order valence-corrected chi connectivity index (χ4v) is 7.76. The van der Waals surface area contributed by atoms with Gasteiger partial charge in [-0.2, -0.15) is 0 Å². The molecule has 8 nitrogen and oxygen atoms in total. The van der Waals surface area contributed by atoms with Gasteiger partial charge in [-0.3, -0.25) is 14.6 Å². The minimum absolute atomic E-state index is 0.0174. The van der Waals surface area contributed by atoms with Crippen LogP contribution in [0.1, 0.15) is 54.5 Å². The Balaban J connectivity index is 1.75. The fourth-order valence-electron chi connectivity index (χ4n) is 7.76. The largest absolute Gasteiger partial charge is 0.493 e. The fraction of sp³-hybridized carbons (Fsp3) is 0.581. The van der Waals surface area contributed by atoms with E-state index in [2.05, 4.69) is 48.0 Å². The third-order valence-electron chi connectivity index (χ3n) is 9.60. The maximum Gasteiger partial charge on any atom is 0.306 e. The first kappa shape index (κ1) is 27.6. The van der Waals surface area contributed by atoms with E-state index in [-0.39, 0.29) is 23.4 Å². The zero-order chi connectivity index (χ0) is 27.9. The molecule has 0 aromatic heterocycles. The smallest absolute Gasteiger partial charge is 0.306 e. The van der Waals surface area contributed by atoms with Crippen LogP contribution in [0.2, 0.25) is 0 Å². The number of hydrogen-bond acceptors (Lipinski definition) is 7. The normalized spacial score (nSPS) is 27.0. The number of hydrogen-bond donors (Lipinski definition) is 1. The summed E-state index contributed by atoms with van der Waals surface area (Å²) in [6, 6.07) is 8.56. The Morgan fingerprint density at radius 2 is 1.51 bits per heavy atom. The van der Waals surface area contributed by atoms with Gasteiger partial charge < -0.3 is 24.1 Å². The van der Waals surface area contributed by atoms with Crippen molar-refractivity contribution in [1.29, 1.82) is 0 Å². The number of carbonyl (C=O) groups is 1. The minimum Gasteiger partial charge on any atom is -0.493 e. The molecule has 1 aliphatic carbocycles. The van der Waals surface area contributed by atoms with Crippen molar-refractivity contribution in [2.75, 3.05) is 55.1 Å². The predicted octanol–water partition coefficient (Wildman–Crippen LogP) is 4.52. The van der Waals surface area contributed by atoms with Gasteiger partial charge in [-0.25, -0.2) is 0 Å². The van der Waals surface area contributed by atoms with Crippen LogP contribution in [0.5, 0.6) is 23.0 Å². The van der Waals surface area contributed by atoms with Gasteiger partial charge in [0.25, 0.3) is 0 Å². The topological polar surface area (TPSA) is 80.7 Å². The van der Waals surface area contributed by atoms with Gasteiger partial charge in [0.2, 0.25) is 0 Å². The maximum atomic E-state index is 12.4. The highest BCUT2D eigenvalue weighted by Gasteiger charge is 2.56. The molecule has 212 valence electrons. The number of methoxy groups -OCH3 is 4. The van der Waals surface area contributed by atoms with Crippen LogP contribution >= 0.6 is 0 Å². The molecule has 1 N–H and O–H groups in total. The third-order valence-corrected chi connectivity index (χ3v) is 9.60. The van der Waals surface area contributed by atoms with Crippen molar-refractivity contribution in [3.05, 3.63) is 46.5 Å². The van der Waals surface area contributed by atoms with Gasteiger partial charge in [0.15, 0.2) is 23.0 Å². The van der Waals surface area contributed by atoms with E-state index < -0.39 is 5.97 Å². The Hall–Kier alpha value is -2.97. The van der Waals surface area contributed by atoms with E-state index in [9.17, 15) is 9.90 Å². The van der Waals surface area contributed by atoms with Crippen molar-refractivity contribution in [2.24, 2.45) is 11.8 Å². The lowest BCUT2D eigenvalue weighted by molar-refractivity contribution is -0.148. The Morgan fingerprint density at radius 1 is 0.923 bits per heavy atom. The molecule has 0 saturated heterocycles. The summed E-state index contributed by atoms with van der Waals surface area (Å²) >= 11 is 0. The van der Waals surface area contributed by atoms with E-state index in [1.54, 1.807) is 28.4 Å². The molecule has 2 heterocycles. The molecular formula is C31H42N2O6. The lowest BCUT2D eigenvalue weighted by atomic mass is 9.58. The second-order valence-electron chi connectivity index (χ2n) is 11.1. The van der Waals surface area contributed by atoms with Crippen LogP contribution in [0.4, 0.5) is 0 Å². The number of likely N-dealkylation sites (N-methyl/N-ethyl adjacent to an activating group) is 2. The Kier molecular flexibility index (Phi) is 7.71. The number of aliphatic carboxylic acids is 1. The summed E-state index contributed by atoms with van der Waals surface area (Å²) in [7, 11) is 8.88. The highest BCUT2D eigenvalue weighted by molar-refractivity contribution is 5.70. The van der Waals surface area contributed by atoms with Crippen molar-refractivity contribution in [3.63, 3.8) is 0 Å². The molecule has 0 amide bonds. The van der Waals surface area contributed by atoms with E-state index >= 15 is 0 Å². The molecule has 4 unspecified atom stereocenters. The summed E-state index contributed by atoms with van der Waals surface area (Å²) < 4.78 is 22.9. The van der Waals surface area contributed by atoms with Crippen molar-refractivity contribution in [2.45, 2.75) is 50.6 Å². The summed E-state index contributed by atoms with van der Waals surface area (Å²) in [4.78, 5) is 17.5.